The van der Waals surface area contributed by atoms with Crippen molar-refractivity contribution in [3.63, 3.8) is 0 Å². The largest absolute Gasteiger partial charge is 0.353 e. The normalized spacial score (nSPS) is 19.8. The molecule has 1 aromatic heterocycles. The third-order valence-corrected chi connectivity index (χ3v) is 4.75. The Bertz CT molecular complexity index is 492. The van der Waals surface area contributed by atoms with Crippen molar-refractivity contribution in [2.45, 2.75) is 0 Å². The van der Waals surface area contributed by atoms with Crippen molar-refractivity contribution < 1.29 is 8.42 Å². The number of hydrogen-bond donors (Lipinski definition) is 0. The number of pyridine rings is 1. The van der Waals surface area contributed by atoms with Crippen LogP contribution in [-0.2, 0) is 9.84 Å². The van der Waals surface area contributed by atoms with Crippen molar-refractivity contribution in [2.24, 2.45) is 0 Å². The molecule has 0 amide bonds. The first-order chi connectivity index (χ1) is 7.48. The molecule has 2 rings (SSSR count). The lowest BCUT2D eigenvalue weighted by atomic mass is 10.4. The maximum atomic E-state index is 11.3. The third kappa shape index (κ3) is 2.67. The van der Waals surface area contributed by atoms with Crippen molar-refractivity contribution in [1.29, 1.82) is 0 Å². The average molecular weight is 326 g/mol. The van der Waals surface area contributed by atoms with Gasteiger partial charge in [-0.3, -0.25) is 0 Å². The minimum atomic E-state index is -2.87. The second-order valence-corrected chi connectivity index (χ2v) is 7.22. The lowest BCUT2D eigenvalue weighted by molar-refractivity contribution is 0.586. The Labute approximate surface area is 108 Å². The summed E-state index contributed by atoms with van der Waals surface area (Å²) in [6.07, 6.45) is 1.66. The van der Waals surface area contributed by atoms with Gasteiger partial charge in [0.2, 0.25) is 0 Å². The number of rotatable bonds is 1. The van der Waals surface area contributed by atoms with Crippen molar-refractivity contribution in [3.05, 3.63) is 21.8 Å². The molecular formula is C9H10BrClN2O2S. The summed E-state index contributed by atoms with van der Waals surface area (Å²) in [6.45, 7) is 0.910. The second kappa shape index (κ2) is 4.50. The lowest BCUT2D eigenvalue weighted by Crippen LogP contribution is -2.40. The van der Waals surface area contributed by atoms with Gasteiger partial charge in [0, 0.05) is 23.8 Å². The van der Waals surface area contributed by atoms with E-state index in [9.17, 15) is 8.42 Å². The Morgan fingerprint density at radius 1 is 1.38 bits per heavy atom. The molecule has 16 heavy (non-hydrogen) atoms. The Hall–Kier alpha value is -0.330. The van der Waals surface area contributed by atoms with Crippen molar-refractivity contribution >= 4 is 43.2 Å². The van der Waals surface area contributed by atoms with Gasteiger partial charge < -0.3 is 4.90 Å². The Balaban J connectivity index is 2.20. The number of nitrogens with zero attached hydrogens (tertiary/aromatic N) is 2. The molecule has 0 unspecified atom stereocenters. The first-order valence-electron chi connectivity index (χ1n) is 4.74. The number of sulfone groups is 1. The van der Waals surface area contributed by atoms with E-state index in [2.05, 4.69) is 20.9 Å². The van der Waals surface area contributed by atoms with Crippen LogP contribution in [-0.4, -0.2) is 38.0 Å². The van der Waals surface area contributed by atoms with Crippen LogP contribution in [0.4, 0.5) is 5.82 Å². The molecule has 0 N–H and O–H groups in total. The van der Waals surface area contributed by atoms with Crippen LogP contribution < -0.4 is 4.90 Å². The maximum Gasteiger partial charge on any atom is 0.153 e. The van der Waals surface area contributed by atoms with Crippen molar-refractivity contribution in [2.75, 3.05) is 29.5 Å². The Kier molecular flexibility index (Phi) is 3.42. The zero-order valence-corrected chi connectivity index (χ0v) is 11.5. The number of aromatic nitrogens is 1. The molecule has 0 aromatic carbocycles. The number of hydrogen-bond acceptors (Lipinski definition) is 4. The van der Waals surface area contributed by atoms with Gasteiger partial charge in [0.25, 0.3) is 0 Å². The molecular weight excluding hydrogens is 316 g/mol. The molecule has 7 heteroatoms. The van der Waals surface area contributed by atoms with Gasteiger partial charge in [-0.05, 0) is 22.0 Å². The third-order valence-electron chi connectivity index (χ3n) is 2.43. The molecule has 1 aromatic rings. The predicted molar refractivity (Wildman–Crippen MR) is 67.8 cm³/mol. The fraction of sp³-hybridized carbons (Fsp3) is 0.444. The first kappa shape index (κ1) is 12.1. The predicted octanol–water partition coefficient (Wildman–Crippen LogP) is 1.73. The Morgan fingerprint density at radius 2 is 2.00 bits per heavy atom. The molecule has 4 nitrogen and oxygen atoms in total. The molecule has 0 atom stereocenters. The molecule has 1 saturated heterocycles. The summed E-state index contributed by atoms with van der Waals surface area (Å²) in [5.41, 5.74) is 0. The van der Waals surface area contributed by atoms with Crippen LogP contribution in [0.2, 0.25) is 5.02 Å². The quantitative estimate of drug-likeness (QED) is 0.789. The van der Waals surface area contributed by atoms with E-state index >= 15 is 0 Å². The average Bonchev–Trinajstić information content (AvgIpc) is 2.19. The standard InChI is InChI=1S/C9H10BrClN2O2S/c10-7-5-8(11)9(12-6-7)13-1-3-16(14,15)4-2-13/h5-6H,1-4H2. The minimum absolute atomic E-state index is 0.168. The van der Waals surface area contributed by atoms with E-state index in [1.807, 2.05) is 4.90 Å². The van der Waals surface area contributed by atoms with Gasteiger partial charge in [-0.1, -0.05) is 11.6 Å². The molecule has 0 bridgehead atoms. The van der Waals surface area contributed by atoms with E-state index in [1.54, 1.807) is 12.3 Å². The summed E-state index contributed by atoms with van der Waals surface area (Å²) in [5.74, 6) is 0.988. The zero-order chi connectivity index (χ0) is 11.8. The SMILES string of the molecule is O=S1(=O)CCN(c2ncc(Br)cc2Cl)CC1. The van der Waals surface area contributed by atoms with Crippen molar-refractivity contribution in [1.82, 2.24) is 4.98 Å². The molecule has 1 aliphatic heterocycles. The molecule has 0 saturated carbocycles. The highest BCUT2D eigenvalue weighted by Gasteiger charge is 2.23. The highest BCUT2D eigenvalue weighted by atomic mass is 79.9. The van der Waals surface area contributed by atoms with Crippen LogP contribution in [0.1, 0.15) is 0 Å². The van der Waals surface area contributed by atoms with Crippen LogP contribution in [0.5, 0.6) is 0 Å². The lowest BCUT2D eigenvalue weighted by Gasteiger charge is -2.28. The van der Waals surface area contributed by atoms with Gasteiger partial charge in [0.1, 0.15) is 5.82 Å². The highest BCUT2D eigenvalue weighted by molar-refractivity contribution is 9.10. The number of anilines is 1. The van der Waals surface area contributed by atoms with Crippen LogP contribution >= 0.6 is 27.5 Å². The van der Waals surface area contributed by atoms with E-state index in [0.717, 1.165) is 4.47 Å². The van der Waals surface area contributed by atoms with Gasteiger partial charge in [-0.25, -0.2) is 13.4 Å². The second-order valence-electron chi connectivity index (χ2n) is 3.60. The fourth-order valence-electron chi connectivity index (χ4n) is 1.56. The monoisotopic (exact) mass is 324 g/mol. The molecule has 1 fully saturated rings. The van der Waals surface area contributed by atoms with Crippen LogP contribution in [0.25, 0.3) is 0 Å². The van der Waals surface area contributed by atoms with E-state index in [4.69, 9.17) is 11.6 Å². The first-order valence-corrected chi connectivity index (χ1v) is 7.73. The fourth-order valence-corrected chi connectivity index (χ4v) is 3.51. The van der Waals surface area contributed by atoms with E-state index < -0.39 is 9.84 Å². The van der Waals surface area contributed by atoms with Gasteiger partial charge in [0.15, 0.2) is 9.84 Å². The Morgan fingerprint density at radius 3 is 2.56 bits per heavy atom. The van der Waals surface area contributed by atoms with E-state index in [-0.39, 0.29) is 11.5 Å². The molecule has 2 heterocycles. The summed E-state index contributed by atoms with van der Waals surface area (Å²) in [4.78, 5) is 6.10. The van der Waals surface area contributed by atoms with E-state index in [0.29, 0.717) is 23.9 Å². The molecule has 0 radical (unpaired) electrons. The van der Waals surface area contributed by atoms with Gasteiger partial charge in [0.05, 0.1) is 16.5 Å². The topological polar surface area (TPSA) is 50.3 Å². The van der Waals surface area contributed by atoms with Gasteiger partial charge in [-0.15, -0.1) is 0 Å². The maximum absolute atomic E-state index is 11.3. The van der Waals surface area contributed by atoms with E-state index in [1.165, 1.54) is 0 Å². The molecule has 88 valence electrons. The van der Waals surface area contributed by atoms with Crippen LogP contribution in [0, 0.1) is 0 Å². The summed E-state index contributed by atoms with van der Waals surface area (Å²) in [5, 5.41) is 0.536. The van der Waals surface area contributed by atoms with Gasteiger partial charge >= 0.3 is 0 Å². The summed E-state index contributed by atoms with van der Waals surface area (Å²) in [7, 11) is -2.87. The smallest absolute Gasteiger partial charge is 0.153 e. The van der Waals surface area contributed by atoms with Crippen LogP contribution in [0.3, 0.4) is 0 Å². The van der Waals surface area contributed by atoms with Crippen molar-refractivity contribution in [3.8, 4) is 0 Å². The summed E-state index contributed by atoms with van der Waals surface area (Å²) < 4.78 is 23.4. The molecule has 0 spiro atoms. The van der Waals surface area contributed by atoms with Gasteiger partial charge in [-0.2, -0.15) is 0 Å². The summed E-state index contributed by atoms with van der Waals surface area (Å²) >= 11 is 9.33. The molecule has 1 aliphatic rings. The highest BCUT2D eigenvalue weighted by Crippen LogP contribution is 2.27. The minimum Gasteiger partial charge on any atom is -0.353 e. The number of halogens is 2. The summed E-state index contributed by atoms with van der Waals surface area (Å²) in [6, 6.07) is 1.76. The molecule has 0 aliphatic carbocycles. The zero-order valence-electron chi connectivity index (χ0n) is 8.36. The van der Waals surface area contributed by atoms with Crippen LogP contribution in [0.15, 0.2) is 16.7 Å².